The van der Waals surface area contributed by atoms with Gasteiger partial charge < -0.3 is 15.2 Å². The SMILES string of the molecule is CC(C)(CO)NCc1c(OCc2ccc(Cl)cc2)ccc2ccccc12. The number of rotatable bonds is 7. The van der Waals surface area contributed by atoms with Gasteiger partial charge in [0.1, 0.15) is 12.4 Å². The van der Waals surface area contributed by atoms with Crippen molar-refractivity contribution in [3.63, 3.8) is 0 Å². The number of hydrogen-bond donors (Lipinski definition) is 2. The van der Waals surface area contributed by atoms with E-state index in [1.807, 2.05) is 56.3 Å². The van der Waals surface area contributed by atoms with E-state index in [1.54, 1.807) is 0 Å². The molecule has 0 spiro atoms. The van der Waals surface area contributed by atoms with E-state index in [0.717, 1.165) is 27.3 Å². The molecule has 136 valence electrons. The van der Waals surface area contributed by atoms with Crippen LogP contribution < -0.4 is 10.1 Å². The highest BCUT2D eigenvalue weighted by atomic mass is 35.5. The van der Waals surface area contributed by atoms with Gasteiger partial charge in [-0.15, -0.1) is 0 Å². The van der Waals surface area contributed by atoms with Crippen LogP contribution in [-0.2, 0) is 13.2 Å². The monoisotopic (exact) mass is 369 g/mol. The van der Waals surface area contributed by atoms with Crippen molar-refractivity contribution in [3.05, 3.63) is 76.8 Å². The second-order valence-electron chi connectivity index (χ2n) is 7.07. The van der Waals surface area contributed by atoms with Crippen LogP contribution in [0, 0.1) is 0 Å². The topological polar surface area (TPSA) is 41.5 Å². The largest absolute Gasteiger partial charge is 0.489 e. The molecule has 0 fully saturated rings. The van der Waals surface area contributed by atoms with Gasteiger partial charge in [-0.3, -0.25) is 0 Å². The summed E-state index contributed by atoms with van der Waals surface area (Å²) in [6.07, 6.45) is 0. The lowest BCUT2D eigenvalue weighted by Crippen LogP contribution is -2.42. The summed E-state index contributed by atoms with van der Waals surface area (Å²) in [6.45, 7) is 5.12. The summed E-state index contributed by atoms with van der Waals surface area (Å²) in [5.74, 6) is 0.847. The molecule has 0 amide bonds. The molecule has 2 N–H and O–H groups in total. The second-order valence-corrected chi connectivity index (χ2v) is 7.51. The van der Waals surface area contributed by atoms with Crippen molar-refractivity contribution in [2.45, 2.75) is 32.5 Å². The molecule has 0 saturated heterocycles. The van der Waals surface area contributed by atoms with Gasteiger partial charge in [0.15, 0.2) is 0 Å². The molecule has 3 aromatic carbocycles. The molecule has 0 heterocycles. The third kappa shape index (κ3) is 4.55. The number of benzene rings is 3. The molecular weight excluding hydrogens is 346 g/mol. The van der Waals surface area contributed by atoms with E-state index in [1.165, 1.54) is 5.39 Å². The highest BCUT2D eigenvalue weighted by Crippen LogP contribution is 2.29. The molecule has 0 aliphatic rings. The van der Waals surface area contributed by atoms with E-state index in [0.29, 0.717) is 13.2 Å². The molecule has 3 rings (SSSR count). The number of aliphatic hydroxyl groups is 1. The molecule has 0 aromatic heterocycles. The molecule has 26 heavy (non-hydrogen) atoms. The van der Waals surface area contributed by atoms with Gasteiger partial charge in [0.05, 0.1) is 6.61 Å². The second kappa shape index (κ2) is 8.09. The standard InChI is InChI=1S/C22H24ClNO2/c1-22(2,15-25)24-13-20-19-6-4-3-5-17(19)9-12-21(20)26-14-16-7-10-18(23)11-8-16/h3-12,24-25H,13-15H2,1-2H3. The van der Waals surface area contributed by atoms with E-state index >= 15 is 0 Å². The summed E-state index contributed by atoms with van der Waals surface area (Å²) in [5, 5.41) is 16.0. The minimum atomic E-state index is -0.357. The third-order valence-electron chi connectivity index (χ3n) is 4.44. The molecule has 0 bridgehead atoms. The number of nitrogens with one attached hydrogen (secondary N) is 1. The Hall–Kier alpha value is -2.07. The maximum absolute atomic E-state index is 9.52. The summed E-state index contributed by atoms with van der Waals surface area (Å²) >= 11 is 5.95. The van der Waals surface area contributed by atoms with Crippen LogP contribution >= 0.6 is 11.6 Å². The lowest BCUT2D eigenvalue weighted by molar-refractivity contribution is 0.187. The van der Waals surface area contributed by atoms with Crippen LogP contribution in [0.25, 0.3) is 10.8 Å². The van der Waals surface area contributed by atoms with E-state index in [9.17, 15) is 5.11 Å². The maximum Gasteiger partial charge on any atom is 0.124 e. The summed E-state index contributed by atoms with van der Waals surface area (Å²) in [4.78, 5) is 0. The Morgan fingerprint density at radius 1 is 1.00 bits per heavy atom. The van der Waals surface area contributed by atoms with E-state index in [2.05, 4.69) is 23.5 Å². The van der Waals surface area contributed by atoms with Crippen molar-refractivity contribution >= 4 is 22.4 Å². The van der Waals surface area contributed by atoms with E-state index in [-0.39, 0.29) is 12.1 Å². The number of aliphatic hydroxyl groups excluding tert-OH is 1. The quantitative estimate of drug-likeness (QED) is 0.620. The predicted octanol–water partition coefficient (Wildman–Crippen LogP) is 4.93. The summed E-state index contributed by atoms with van der Waals surface area (Å²) in [5.41, 5.74) is 1.81. The first kappa shape index (κ1) is 18.7. The lowest BCUT2D eigenvalue weighted by Gasteiger charge is -2.25. The van der Waals surface area contributed by atoms with Gasteiger partial charge >= 0.3 is 0 Å². The fourth-order valence-electron chi connectivity index (χ4n) is 2.76. The van der Waals surface area contributed by atoms with Crippen LogP contribution in [-0.4, -0.2) is 17.3 Å². The zero-order valence-electron chi connectivity index (χ0n) is 15.1. The summed E-state index contributed by atoms with van der Waals surface area (Å²) in [6, 6.07) is 20.0. The Bertz CT molecular complexity index is 875. The highest BCUT2D eigenvalue weighted by Gasteiger charge is 2.17. The van der Waals surface area contributed by atoms with Crippen molar-refractivity contribution < 1.29 is 9.84 Å². The smallest absolute Gasteiger partial charge is 0.124 e. The van der Waals surface area contributed by atoms with Crippen LogP contribution in [0.1, 0.15) is 25.0 Å². The zero-order valence-corrected chi connectivity index (χ0v) is 15.9. The van der Waals surface area contributed by atoms with Crippen molar-refractivity contribution in [2.75, 3.05) is 6.61 Å². The third-order valence-corrected chi connectivity index (χ3v) is 4.70. The molecule has 0 radical (unpaired) electrons. The molecule has 3 nitrogen and oxygen atoms in total. The minimum Gasteiger partial charge on any atom is -0.489 e. The maximum atomic E-state index is 9.52. The molecule has 0 aliphatic carbocycles. The van der Waals surface area contributed by atoms with Gasteiger partial charge in [-0.25, -0.2) is 0 Å². The fraction of sp³-hybridized carbons (Fsp3) is 0.273. The Balaban J connectivity index is 1.88. The highest BCUT2D eigenvalue weighted by molar-refractivity contribution is 6.30. The van der Waals surface area contributed by atoms with Crippen LogP contribution in [0.4, 0.5) is 0 Å². The average Bonchev–Trinajstić information content (AvgIpc) is 2.66. The predicted molar refractivity (Wildman–Crippen MR) is 108 cm³/mol. The van der Waals surface area contributed by atoms with Gasteiger partial charge in [-0.05, 0) is 48.4 Å². The van der Waals surface area contributed by atoms with Crippen molar-refractivity contribution in [1.82, 2.24) is 5.32 Å². The Labute approximate surface area is 159 Å². The Morgan fingerprint density at radius 2 is 1.73 bits per heavy atom. The van der Waals surface area contributed by atoms with Gasteiger partial charge in [-0.2, -0.15) is 0 Å². The number of fused-ring (bicyclic) bond motifs is 1. The average molecular weight is 370 g/mol. The van der Waals surface area contributed by atoms with Crippen molar-refractivity contribution in [2.24, 2.45) is 0 Å². The molecule has 0 saturated carbocycles. The van der Waals surface area contributed by atoms with Gasteiger partial charge in [0, 0.05) is 22.7 Å². The van der Waals surface area contributed by atoms with Crippen LogP contribution in [0.2, 0.25) is 5.02 Å². The minimum absolute atomic E-state index is 0.0682. The molecular formula is C22H24ClNO2. The first-order valence-corrected chi connectivity index (χ1v) is 9.10. The zero-order chi connectivity index (χ0) is 18.6. The van der Waals surface area contributed by atoms with Gasteiger partial charge in [-0.1, -0.05) is 54.1 Å². The van der Waals surface area contributed by atoms with Crippen LogP contribution in [0.15, 0.2) is 60.7 Å². The molecule has 0 unspecified atom stereocenters. The van der Waals surface area contributed by atoms with Crippen LogP contribution in [0.3, 0.4) is 0 Å². The number of hydrogen-bond acceptors (Lipinski definition) is 3. The molecule has 4 heteroatoms. The first-order chi connectivity index (χ1) is 12.5. The van der Waals surface area contributed by atoms with E-state index < -0.39 is 0 Å². The van der Waals surface area contributed by atoms with Gasteiger partial charge in [0.25, 0.3) is 0 Å². The van der Waals surface area contributed by atoms with Crippen molar-refractivity contribution in [1.29, 1.82) is 0 Å². The Kier molecular flexibility index (Phi) is 5.82. The normalized spacial score (nSPS) is 11.7. The Morgan fingerprint density at radius 3 is 2.46 bits per heavy atom. The molecule has 0 atom stereocenters. The molecule has 0 aliphatic heterocycles. The fourth-order valence-corrected chi connectivity index (χ4v) is 2.88. The lowest BCUT2D eigenvalue weighted by atomic mass is 10.0. The first-order valence-electron chi connectivity index (χ1n) is 8.72. The van der Waals surface area contributed by atoms with E-state index in [4.69, 9.17) is 16.3 Å². The summed E-state index contributed by atoms with van der Waals surface area (Å²) in [7, 11) is 0. The summed E-state index contributed by atoms with van der Waals surface area (Å²) < 4.78 is 6.12. The van der Waals surface area contributed by atoms with Crippen molar-refractivity contribution in [3.8, 4) is 5.75 Å². The number of halogens is 1. The van der Waals surface area contributed by atoms with Crippen LogP contribution in [0.5, 0.6) is 5.75 Å². The number of ether oxygens (including phenoxy) is 1. The van der Waals surface area contributed by atoms with Gasteiger partial charge in [0.2, 0.25) is 0 Å². The molecule has 3 aromatic rings.